The number of hydrogen-bond acceptors (Lipinski definition) is 2. The number of carbonyl (C=O) groups is 1. The van der Waals surface area contributed by atoms with Gasteiger partial charge in [-0.2, -0.15) is 0 Å². The van der Waals surface area contributed by atoms with Gasteiger partial charge in [0.25, 0.3) is 0 Å². The lowest BCUT2D eigenvalue weighted by Crippen LogP contribution is -2.44. The van der Waals surface area contributed by atoms with Crippen molar-refractivity contribution in [3.8, 4) is 0 Å². The minimum atomic E-state index is -0.281. The lowest BCUT2D eigenvalue weighted by atomic mass is 9.85. The van der Waals surface area contributed by atoms with E-state index in [1.807, 2.05) is 4.90 Å². The second-order valence-corrected chi connectivity index (χ2v) is 6.09. The zero-order chi connectivity index (χ0) is 12.9. The van der Waals surface area contributed by atoms with Gasteiger partial charge in [0.05, 0.1) is 6.04 Å². The molecule has 1 amide bonds. The summed E-state index contributed by atoms with van der Waals surface area (Å²) in [5.41, 5.74) is 6.34. The third-order valence-electron chi connectivity index (χ3n) is 3.84. The summed E-state index contributed by atoms with van der Waals surface area (Å²) in [4.78, 5) is 14.1. The largest absolute Gasteiger partial charge is 0.341 e. The van der Waals surface area contributed by atoms with Crippen molar-refractivity contribution in [3.63, 3.8) is 0 Å². The van der Waals surface area contributed by atoms with Crippen LogP contribution in [-0.2, 0) is 4.79 Å². The van der Waals surface area contributed by atoms with Crippen molar-refractivity contribution in [1.29, 1.82) is 0 Å². The molecule has 100 valence electrons. The molecule has 0 unspecified atom stereocenters. The van der Waals surface area contributed by atoms with Crippen LogP contribution in [0.15, 0.2) is 0 Å². The van der Waals surface area contributed by atoms with Gasteiger partial charge in [-0.05, 0) is 31.1 Å². The Hall–Kier alpha value is -0.570. The molecule has 0 aromatic rings. The van der Waals surface area contributed by atoms with Gasteiger partial charge in [0.15, 0.2) is 0 Å². The van der Waals surface area contributed by atoms with Crippen molar-refractivity contribution in [2.24, 2.45) is 11.1 Å². The number of unbranched alkanes of at least 4 members (excludes halogenated alkanes) is 1. The van der Waals surface area contributed by atoms with Crippen LogP contribution in [0.25, 0.3) is 0 Å². The lowest BCUT2D eigenvalue weighted by Gasteiger charge is -2.25. The normalized spacial score (nSPS) is 22.0. The molecule has 1 heterocycles. The van der Waals surface area contributed by atoms with Crippen LogP contribution in [0, 0.1) is 5.41 Å². The number of rotatable bonds is 4. The first-order valence-electron chi connectivity index (χ1n) is 7.00. The molecule has 0 spiro atoms. The van der Waals surface area contributed by atoms with E-state index in [4.69, 9.17) is 5.73 Å². The fourth-order valence-corrected chi connectivity index (χ4v) is 2.43. The number of nitrogens with two attached hydrogens (primary N) is 1. The van der Waals surface area contributed by atoms with E-state index in [1.165, 1.54) is 6.42 Å². The zero-order valence-electron chi connectivity index (χ0n) is 11.7. The summed E-state index contributed by atoms with van der Waals surface area (Å²) in [5, 5.41) is 0. The molecular weight excluding hydrogens is 212 g/mol. The Labute approximate surface area is 106 Å². The van der Waals surface area contributed by atoms with Crippen molar-refractivity contribution in [1.82, 2.24) is 4.90 Å². The summed E-state index contributed by atoms with van der Waals surface area (Å²) in [7, 11) is 0. The highest BCUT2D eigenvalue weighted by Crippen LogP contribution is 2.29. The van der Waals surface area contributed by atoms with Crippen LogP contribution in [0.5, 0.6) is 0 Å². The van der Waals surface area contributed by atoms with E-state index >= 15 is 0 Å². The van der Waals surface area contributed by atoms with E-state index in [0.29, 0.717) is 5.41 Å². The van der Waals surface area contributed by atoms with Crippen molar-refractivity contribution < 1.29 is 4.79 Å². The molecule has 0 aromatic heterocycles. The SMILES string of the molecule is CCCC[C@H](N)C(=O)N1CCCC(C)(C)CC1. The molecule has 1 atom stereocenters. The standard InChI is InChI=1S/C14H28N2O/c1-4-5-7-12(15)13(17)16-10-6-8-14(2,3)9-11-16/h12H,4-11,15H2,1-3H3/t12-/m0/s1. The topological polar surface area (TPSA) is 46.3 Å². The molecule has 1 saturated heterocycles. The molecule has 1 aliphatic heterocycles. The molecule has 2 N–H and O–H groups in total. The highest BCUT2D eigenvalue weighted by atomic mass is 16.2. The van der Waals surface area contributed by atoms with Gasteiger partial charge in [-0.15, -0.1) is 0 Å². The number of carbonyl (C=O) groups excluding carboxylic acids is 1. The maximum Gasteiger partial charge on any atom is 0.239 e. The van der Waals surface area contributed by atoms with Crippen molar-refractivity contribution in [2.45, 2.75) is 65.3 Å². The van der Waals surface area contributed by atoms with Crippen LogP contribution in [0.1, 0.15) is 59.3 Å². The summed E-state index contributed by atoms with van der Waals surface area (Å²) < 4.78 is 0. The fourth-order valence-electron chi connectivity index (χ4n) is 2.43. The van der Waals surface area contributed by atoms with Crippen molar-refractivity contribution in [3.05, 3.63) is 0 Å². The Morgan fingerprint density at radius 1 is 1.35 bits per heavy atom. The molecule has 1 aliphatic rings. The number of hydrogen-bond donors (Lipinski definition) is 1. The predicted molar refractivity (Wildman–Crippen MR) is 71.7 cm³/mol. The molecule has 0 aliphatic carbocycles. The second kappa shape index (κ2) is 6.39. The summed E-state index contributed by atoms with van der Waals surface area (Å²) in [6.07, 6.45) is 6.40. The van der Waals surface area contributed by atoms with Gasteiger partial charge in [0.1, 0.15) is 0 Å². The smallest absolute Gasteiger partial charge is 0.239 e. The number of amides is 1. The van der Waals surface area contributed by atoms with Gasteiger partial charge in [0, 0.05) is 13.1 Å². The number of likely N-dealkylation sites (tertiary alicyclic amines) is 1. The average Bonchev–Trinajstić information content (AvgIpc) is 2.46. The Kier molecular flexibility index (Phi) is 5.44. The zero-order valence-corrected chi connectivity index (χ0v) is 11.7. The summed E-state index contributed by atoms with van der Waals surface area (Å²) in [5.74, 6) is 0.163. The molecule has 17 heavy (non-hydrogen) atoms. The highest BCUT2D eigenvalue weighted by molar-refractivity contribution is 5.81. The van der Waals surface area contributed by atoms with E-state index in [2.05, 4.69) is 20.8 Å². The summed E-state index contributed by atoms with van der Waals surface area (Å²) in [6, 6.07) is -0.281. The molecule has 0 aromatic carbocycles. The van der Waals surface area contributed by atoms with E-state index in [-0.39, 0.29) is 11.9 Å². The molecule has 0 saturated carbocycles. The van der Waals surface area contributed by atoms with E-state index in [0.717, 1.165) is 45.2 Å². The summed E-state index contributed by atoms with van der Waals surface area (Å²) >= 11 is 0. The average molecular weight is 240 g/mol. The molecule has 0 radical (unpaired) electrons. The van der Waals surface area contributed by atoms with Gasteiger partial charge >= 0.3 is 0 Å². The predicted octanol–water partition coefficient (Wildman–Crippen LogP) is 2.54. The molecule has 3 heteroatoms. The first-order valence-corrected chi connectivity index (χ1v) is 7.00. The van der Waals surface area contributed by atoms with Crippen LogP contribution in [0.3, 0.4) is 0 Å². The maximum atomic E-state index is 12.2. The van der Waals surface area contributed by atoms with Crippen LogP contribution >= 0.6 is 0 Å². The Morgan fingerprint density at radius 3 is 2.71 bits per heavy atom. The molecule has 3 nitrogen and oxygen atoms in total. The van der Waals surface area contributed by atoms with Crippen LogP contribution < -0.4 is 5.73 Å². The Morgan fingerprint density at radius 2 is 2.06 bits per heavy atom. The third-order valence-corrected chi connectivity index (χ3v) is 3.84. The van der Waals surface area contributed by atoms with Crippen molar-refractivity contribution in [2.75, 3.05) is 13.1 Å². The van der Waals surface area contributed by atoms with E-state index in [1.54, 1.807) is 0 Å². The summed E-state index contributed by atoms with van der Waals surface area (Å²) in [6.45, 7) is 8.48. The van der Waals surface area contributed by atoms with Crippen molar-refractivity contribution >= 4 is 5.91 Å². The molecule has 1 rings (SSSR count). The van der Waals surface area contributed by atoms with E-state index < -0.39 is 0 Å². The van der Waals surface area contributed by atoms with Gasteiger partial charge in [0.2, 0.25) is 5.91 Å². The monoisotopic (exact) mass is 240 g/mol. The van der Waals surface area contributed by atoms with Gasteiger partial charge in [-0.1, -0.05) is 33.6 Å². The van der Waals surface area contributed by atoms with Crippen LogP contribution in [0.4, 0.5) is 0 Å². The van der Waals surface area contributed by atoms with Gasteiger partial charge in [-0.25, -0.2) is 0 Å². The van der Waals surface area contributed by atoms with Gasteiger partial charge < -0.3 is 10.6 Å². The highest BCUT2D eigenvalue weighted by Gasteiger charge is 2.27. The lowest BCUT2D eigenvalue weighted by molar-refractivity contribution is -0.132. The molecular formula is C14H28N2O. The van der Waals surface area contributed by atoms with E-state index in [9.17, 15) is 4.79 Å². The Bertz CT molecular complexity index is 251. The second-order valence-electron chi connectivity index (χ2n) is 6.09. The quantitative estimate of drug-likeness (QED) is 0.821. The fraction of sp³-hybridized carbons (Fsp3) is 0.929. The Balaban J connectivity index is 2.46. The van der Waals surface area contributed by atoms with Crippen LogP contribution in [-0.4, -0.2) is 29.9 Å². The minimum Gasteiger partial charge on any atom is -0.341 e. The number of nitrogens with zero attached hydrogens (tertiary/aromatic N) is 1. The molecule has 1 fully saturated rings. The first kappa shape index (κ1) is 14.5. The maximum absolute atomic E-state index is 12.2. The third kappa shape index (κ3) is 4.66. The first-order chi connectivity index (χ1) is 7.96. The van der Waals surface area contributed by atoms with Gasteiger partial charge in [-0.3, -0.25) is 4.79 Å². The minimum absolute atomic E-state index is 0.163. The van der Waals surface area contributed by atoms with Crippen LogP contribution in [0.2, 0.25) is 0 Å². The molecule has 0 bridgehead atoms.